The highest BCUT2D eigenvalue weighted by molar-refractivity contribution is 6.39. The number of aryl methyl sites for hydroxylation is 2. The van der Waals surface area contributed by atoms with E-state index in [1.807, 2.05) is 45.5 Å². The summed E-state index contributed by atoms with van der Waals surface area (Å²) in [6.07, 6.45) is 5.00. The average molecular weight is 332 g/mol. The van der Waals surface area contributed by atoms with Crippen LogP contribution in [-0.2, 0) is 22.2 Å². The Morgan fingerprint density at radius 1 is 1.21 bits per heavy atom. The molecule has 0 aliphatic heterocycles. The normalized spacial score (nSPS) is 12.8. The molecule has 8 nitrogen and oxygen atoms in total. The highest BCUT2D eigenvalue weighted by Gasteiger charge is 2.22. The van der Waals surface area contributed by atoms with Crippen molar-refractivity contribution in [3.05, 3.63) is 29.8 Å². The molecule has 2 aromatic rings. The van der Waals surface area contributed by atoms with Crippen LogP contribution in [0.4, 0.5) is 5.69 Å². The molecule has 2 rings (SSSR count). The van der Waals surface area contributed by atoms with E-state index in [2.05, 4.69) is 20.8 Å². The maximum atomic E-state index is 12.1. The Bertz CT molecular complexity index is 753. The van der Waals surface area contributed by atoms with E-state index in [9.17, 15) is 9.59 Å². The molecule has 2 amide bonds. The lowest BCUT2D eigenvalue weighted by molar-refractivity contribution is -0.136. The van der Waals surface area contributed by atoms with Crippen molar-refractivity contribution in [1.82, 2.24) is 24.9 Å². The predicted octanol–water partition coefficient (Wildman–Crippen LogP) is 1.50. The molecule has 1 atom stereocenters. The van der Waals surface area contributed by atoms with Gasteiger partial charge in [-0.2, -0.15) is 10.2 Å². The fraction of sp³-hybridized carbons (Fsp3) is 0.500. The number of carbonyl (C=O) groups is 2. The second kappa shape index (κ2) is 6.46. The zero-order valence-electron chi connectivity index (χ0n) is 14.9. The van der Waals surface area contributed by atoms with Crippen molar-refractivity contribution >= 4 is 17.5 Å². The molecule has 0 fully saturated rings. The molecule has 0 saturated heterocycles. The van der Waals surface area contributed by atoms with E-state index < -0.39 is 11.8 Å². The molecular formula is C16H24N6O2. The third-order valence-corrected chi connectivity index (χ3v) is 3.61. The molecule has 0 aliphatic rings. The van der Waals surface area contributed by atoms with Crippen LogP contribution < -0.4 is 10.6 Å². The minimum Gasteiger partial charge on any atom is -0.341 e. The number of aromatic nitrogens is 4. The smallest absolute Gasteiger partial charge is 0.313 e. The van der Waals surface area contributed by atoms with Gasteiger partial charge in [0.15, 0.2) is 0 Å². The Hall–Kier alpha value is -2.64. The lowest BCUT2D eigenvalue weighted by Crippen LogP contribution is -2.37. The summed E-state index contributed by atoms with van der Waals surface area (Å²) < 4.78 is 3.40. The van der Waals surface area contributed by atoms with Crippen molar-refractivity contribution in [1.29, 1.82) is 0 Å². The lowest BCUT2D eigenvalue weighted by Gasteiger charge is -2.19. The van der Waals surface area contributed by atoms with E-state index >= 15 is 0 Å². The zero-order valence-corrected chi connectivity index (χ0v) is 14.9. The van der Waals surface area contributed by atoms with E-state index in [1.54, 1.807) is 17.9 Å². The van der Waals surface area contributed by atoms with Gasteiger partial charge in [-0.05, 0) is 34.6 Å². The van der Waals surface area contributed by atoms with Crippen LogP contribution in [0.15, 0.2) is 18.6 Å². The highest BCUT2D eigenvalue weighted by atomic mass is 16.2. The number of hydrogen-bond acceptors (Lipinski definition) is 4. The quantitative estimate of drug-likeness (QED) is 0.833. The van der Waals surface area contributed by atoms with Crippen LogP contribution >= 0.6 is 0 Å². The number of amides is 2. The molecule has 0 aliphatic carbocycles. The van der Waals surface area contributed by atoms with Crippen molar-refractivity contribution in [2.75, 3.05) is 5.32 Å². The fourth-order valence-electron chi connectivity index (χ4n) is 2.26. The number of anilines is 1. The van der Waals surface area contributed by atoms with Crippen molar-refractivity contribution in [3.63, 3.8) is 0 Å². The van der Waals surface area contributed by atoms with Gasteiger partial charge in [0.2, 0.25) is 0 Å². The topological polar surface area (TPSA) is 93.8 Å². The first-order valence-electron chi connectivity index (χ1n) is 7.75. The van der Waals surface area contributed by atoms with Gasteiger partial charge in [0, 0.05) is 25.0 Å². The molecule has 2 N–H and O–H groups in total. The third kappa shape index (κ3) is 4.01. The molecule has 130 valence electrons. The minimum absolute atomic E-state index is 0.148. The van der Waals surface area contributed by atoms with Crippen LogP contribution in [0.1, 0.15) is 45.0 Å². The first-order chi connectivity index (χ1) is 11.1. The SMILES string of the molecule is Cc1nn(C(C)(C)C)cc1[C@@H](C)NC(=O)C(=O)Nc1cnn(C)c1. The van der Waals surface area contributed by atoms with E-state index in [-0.39, 0.29) is 11.6 Å². The number of nitrogens with zero attached hydrogens (tertiary/aromatic N) is 4. The Labute approximate surface area is 141 Å². The number of carbonyl (C=O) groups excluding carboxylic acids is 2. The lowest BCUT2D eigenvalue weighted by atomic mass is 10.1. The molecule has 0 unspecified atom stereocenters. The summed E-state index contributed by atoms with van der Waals surface area (Å²) in [5, 5.41) is 13.6. The molecule has 0 saturated carbocycles. The molecule has 0 aromatic carbocycles. The molecule has 0 bridgehead atoms. The molecule has 24 heavy (non-hydrogen) atoms. The number of hydrogen-bond donors (Lipinski definition) is 2. The Kier molecular flexibility index (Phi) is 4.77. The van der Waals surface area contributed by atoms with Gasteiger partial charge in [0.25, 0.3) is 0 Å². The van der Waals surface area contributed by atoms with Gasteiger partial charge in [0.1, 0.15) is 0 Å². The molecule has 0 spiro atoms. The number of nitrogens with one attached hydrogen (secondary N) is 2. The monoisotopic (exact) mass is 332 g/mol. The molecule has 2 heterocycles. The van der Waals surface area contributed by atoms with Gasteiger partial charge >= 0.3 is 11.8 Å². The summed E-state index contributed by atoms with van der Waals surface area (Å²) in [5.41, 5.74) is 2.03. The average Bonchev–Trinajstić information content (AvgIpc) is 3.04. The Morgan fingerprint density at radius 2 is 1.88 bits per heavy atom. The molecular weight excluding hydrogens is 308 g/mol. The standard InChI is InChI=1S/C16H24N6O2/c1-10(13-9-22(16(3,4)5)20-11(13)2)18-14(23)15(24)19-12-7-17-21(6)8-12/h7-10H,1-6H3,(H,18,23)(H,19,24)/t10-/m1/s1. The first kappa shape index (κ1) is 17.7. The maximum absolute atomic E-state index is 12.1. The minimum atomic E-state index is -0.726. The third-order valence-electron chi connectivity index (χ3n) is 3.61. The summed E-state index contributed by atoms with van der Waals surface area (Å²) in [5.74, 6) is -1.43. The van der Waals surface area contributed by atoms with Crippen LogP contribution in [0.5, 0.6) is 0 Å². The van der Waals surface area contributed by atoms with E-state index in [0.29, 0.717) is 5.69 Å². The van der Waals surface area contributed by atoms with Crippen molar-refractivity contribution in [3.8, 4) is 0 Å². The van der Waals surface area contributed by atoms with E-state index in [4.69, 9.17) is 0 Å². The Balaban J connectivity index is 2.03. The molecule has 8 heteroatoms. The Morgan fingerprint density at radius 3 is 2.38 bits per heavy atom. The molecule has 0 radical (unpaired) electrons. The van der Waals surface area contributed by atoms with Crippen LogP contribution in [0.25, 0.3) is 0 Å². The van der Waals surface area contributed by atoms with E-state index in [0.717, 1.165) is 11.3 Å². The van der Waals surface area contributed by atoms with Gasteiger partial charge in [-0.15, -0.1) is 0 Å². The maximum Gasteiger partial charge on any atom is 0.313 e. The van der Waals surface area contributed by atoms with Gasteiger partial charge in [-0.25, -0.2) is 0 Å². The van der Waals surface area contributed by atoms with Crippen LogP contribution in [-0.4, -0.2) is 31.4 Å². The zero-order chi connectivity index (χ0) is 18.1. The predicted molar refractivity (Wildman–Crippen MR) is 90.4 cm³/mol. The highest BCUT2D eigenvalue weighted by Crippen LogP contribution is 2.21. The molecule has 2 aromatic heterocycles. The van der Waals surface area contributed by atoms with Gasteiger partial charge in [-0.1, -0.05) is 0 Å². The largest absolute Gasteiger partial charge is 0.341 e. The summed E-state index contributed by atoms with van der Waals surface area (Å²) in [6.45, 7) is 9.86. The second-order valence-electron chi connectivity index (χ2n) is 6.84. The fourth-order valence-corrected chi connectivity index (χ4v) is 2.26. The summed E-state index contributed by atoms with van der Waals surface area (Å²) >= 11 is 0. The van der Waals surface area contributed by atoms with Crippen LogP contribution in [0.3, 0.4) is 0 Å². The summed E-state index contributed by atoms with van der Waals surface area (Å²) in [4.78, 5) is 24.0. The first-order valence-corrected chi connectivity index (χ1v) is 7.75. The second-order valence-corrected chi connectivity index (χ2v) is 6.84. The van der Waals surface area contributed by atoms with Crippen LogP contribution in [0.2, 0.25) is 0 Å². The van der Waals surface area contributed by atoms with Gasteiger partial charge in [0.05, 0.1) is 29.2 Å². The van der Waals surface area contributed by atoms with Gasteiger partial charge in [-0.3, -0.25) is 19.0 Å². The van der Waals surface area contributed by atoms with Crippen LogP contribution in [0, 0.1) is 6.92 Å². The van der Waals surface area contributed by atoms with Crippen molar-refractivity contribution in [2.24, 2.45) is 7.05 Å². The summed E-state index contributed by atoms with van der Waals surface area (Å²) in [6, 6.07) is -0.326. The van der Waals surface area contributed by atoms with Gasteiger partial charge < -0.3 is 10.6 Å². The summed E-state index contributed by atoms with van der Waals surface area (Å²) in [7, 11) is 1.73. The number of rotatable bonds is 3. The van der Waals surface area contributed by atoms with E-state index in [1.165, 1.54) is 6.20 Å². The van der Waals surface area contributed by atoms with Crippen molar-refractivity contribution < 1.29 is 9.59 Å². The van der Waals surface area contributed by atoms with Crippen molar-refractivity contribution in [2.45, 2.75) is 46.2 Å².